The molecule has 168 valence electrons. The summed E-state index contributed by atoms with van der Waals surface area (Å²) >= 11 is 12.5. The maximum atomic E-state index is 11.9. The van der Waals surface area contributed by atoms with Crippen LogP contribution in [0, 0.1) is 0 Å². The number of aromatic nitrogens is 1. The number of carboxylic acid groups (broad SMARTS) is 1. The van der Waals surface area contributed by atoms with Gasteiger partial charge in [0.15, 0.2) is 11.5 Å². The van der Waals surface area contributed by atoms with Crippen LogP contribution in [-0.2, 0) is 6.61 Å². The van der Waals surface area contributed by atoms with Gasteiger partial charge in [0.05, 0.1) is 25.5 Å². The third-order valence-corrected chi connectivity index (χ3v) is 5.85. The molecule has 0 aliphatic rings. The molecule has 0 spiro atoms. The van der Waals surface area contributed by atoms with Crippen molar-refractivity contribution < 1.29 is 24.1 Å². The molecule has 1 N–H and O–H groups in total. The van der Waals surface area contributed by atoms with Gasteiger partial charge in [-0.2, -0.15) is 0 Å². The Bertz CT molecular complexity index is 1340. The van der Waals surface area contributed by atoms with E-state index in [0.29, 0.717) is 55.0 Å². The molecule has 0 amide bonds. The Labute approximate surface area is 200 Å². The van der Waals surface area contributed by atoms with Crippen LogP contribution in [0.1, 0.15) is 15.9 Å². The number of benzene rings is 3. The summed E-state index contributed by atoms with van der Waals surface area (Å²) in [4.78, 5) is 16.6. The van der Waals surface area contributed by atoms with Gasteiger partial charge in [0.25, 0.3) is 0 Å². The van der Waals surface area contributed by atoms with Gasteiger partial charge >= 0.3 is 5.97 Å². The van der Waals surface area contributed by atoms with Crippen molar-refractivity contribution in [2.45, 2.75) is 6.61 Å². The van der Waals surface area contributed by atoms with Crippen molar-refractivity contribution in [1.82, 2.24) is 4.98 Å². The molecular weight excluding hydrogens is 465 g/mol. The number of rotatable bonds is 7. The van der Waals surface area contributed by atoms with E-state index in [1.807, 2.05) is 0 Å². The molecule has 6 nitrogen and oxygen atoms in total. The minimum atomic E-state index is -1.06. The van der Waals surface area contributed by atoms with Crippen LogP contribution < -0.4 is 14.2 Å². The summed E-state index contributed by atoms with van der Waals surface area (Å²) in [7, 11) is 3.04. The lowest BCUT2D eigenvalue weighted by Gasteiger charge is -2.14. The third kappa shape index (κ3) is 4.53. The Morgan fingerprint density at radius 3 is 2.27 bits per heavy atom. The van der Waals surface area contributed by atoms with E-state index in [1.54, 1.807) is 54.6 Å². The molecule has 3 aromatic carbocycles. The van der Waals surface area contributed by atoms with Crippen LogP contribution in [-0.4, -0.2) is 30.3 Å². The van der Waals surface area contributed by atoms with E-state index in [1.165, 1.54) is 20.3 Å². The zero-order chi connectivity index (χ0) is 23.5. The van der Waals surface area contributed by atoms with Crippen LogP contribution in [0.4, 0.5) is 0 Å². The second-order valence-electron chi connectivity index (χ2n) is 7.07. The zero-order valence-electron chi connectivity index (χ0n) is 17.8. The van der Waals surface area contributed by atoms with Gasteiger partial charge in [0.2, 0.25) is 0 Å². The van der Waals surface area contributed by atoms with E-state index in [-0.39, 0.29) is 12.2 Å². The quantitative estimate of drug-likeness (QED) is 0.323. The van der Waals surface area contributed by atoms with Crippen molar-refractivity contribution >= 4 is 40.1 Å². The van der Waals surface area contributed by atoms with E-state index in [2.05, 4.69) is 4.98 Å². The third-order valence-electron chi connectivity index (χ3n) is 5.15. The van der Waals surface area contributed by atoms with Crippen molar-refractivity contribution in [3.8, 4) is 28.5 Å². The fourth-order valence-corrected chi connectivity index (χ4v) is 3.98. The minimum Gasteiger partial charge on any atom is -0.494 e. The van der Waals surface area contributed by atoms with Crippen LogP contribution in [0.5, 0.6) is 17.2 Å². The standard InChI is InChI=1S/C25H19Cl2NO5/c1-31-22-8-3-5-15-16(25(29)30)12-20(28-24(15)22)14-9-10-21(23(11-14)32-2)33-13-17-18(26)6-4-7-19(17)27/h3-12H,13H2,1-2H3,(H,29,30). The summed E-state index contributed by atoms with van der Waals surface area (Å²) in [6, 6.07) is 17.2. The highest BCUT2D eigenvalue weighted by atomic mass is 35.5. The van der Waals surface area contributed by atoms with Crippen LogP contribution in [0.25, 0.3) is 22.2 Å². The fourth-order valence-electron chi connectivity index (χ4n) is 3.48. The number of pyridine rings is 1. The van der Waals surface area contributed by atoms with Gasteiger partial charge in [-0.05, 0) is 42.5 Å². The fraction of sp³-hybridized carbons (Fsp3) is 0.120. The first-order valence-electron chi connectivity index (χ1n) is 9.88. The Hall–Kier alpha value is -3.48. The van der Waals surface area contributed by atoms with E-state index in [4.69, 9.17) is 37.4 Å². The minimum absolute atomic E-state index is 0.126. The highest BCUT2D eigenvalue weighted by Gasteiger charge is 2.17. The van der Waals surface area contributed by atoms with Gasteiger partial charge in [0, 0.05) is 26.6 Å². The number of nitrogens with zero attached hydrogens (tertiary/aromatic N) is 1. The van der Waals surface area contributed by atoms with Crippen molar-refractivity contribution in [1.29, 1.82) is 0 Å². The number of hydrogen-bond donors (Lipinski definition) is 1. The number of hydrogen-bond acceptors (Lipinski definition) is 5. The Balaban J connectivity index is 1.74. The largest absolute Gasteiger partial charge is 0.494 e. The zero-order valence-corrected chi connectivity index (χ0v) is 19.3. The van der Waals surface area contributed by atoms with Crippen molar-refractivity contribution in [2.75, 3.05) is 14.2 Å². The first-order chi connectivity index (χ1) is 15.9. The molecule has 4 aromatic rings. The summed E-state index contributed by atoms with van der Waals surface area (Å²) in [5, 5.41) is 11.3. The number of para-hydroxylation sites is 1. The summed E-state index contributed by atoms with van der Waals surface area (Å²) in [6.07, 6.45) is 0. The molecule has 0 unspecified atom stereocenters. The van der Waals surface area contributed by atoms with Crippen LogP contribution in [0.2, 0.25) is 10.0 Å². The van der Waals surface area contributed by atoms with Crippen LogP contribution in [0.15, 0.2) is 60.7 Å². The first-order valence-corrected chi connectivity index (χ1v) is 10.6. The highest BCUT2D eigenvalue weighted by molar-refractivity contribution is 6.35. The molecule has 1 aromatic heterocycles. The SMILES string of the molecule is COc1cc(-c2cc(C(=O)O)c3cccc(OC)c3n2)ccc1OCc1c(Cl)cccc1Cl. The second-order valence-corrected chi connectivity index (χ2v) is 7.89. The normalized spacial score (nSPS) is 10.8. The molecule has 0 aliphatic heterocycles. The molecule has 8 heteroatoms. The average Bonchev–Trinajstić information content (AvgIpc) is 2.82. The topological polar surface area (TPSA) is 77.9 Å². The van der Waals surface area contributed by atoms with Gasteiger partial charge in [-0.25, -0.2) is 9.78 Å². The lowest BCUT2D eigenvalue weighted by atomic mass is 10.0. The van der Waals surface area contributed by atoms with Crippen LogP contribution >= 0.6 is 23.2 Å². The molecule has 33 heavy (non-hydrogen) atoms. The Morgan fingerprint density at radius 2 is 1.61 bits per heavy atom. The first kappa shape index (κ1) is 22.7. The lowest BCUT2D eigenvalue weighted by molar-refractivity contribution is 0.0699. The maximum absolute atomic E-state index is 11.9. The van der Waals surface area contributed by atoms with Gasteiger partial charge in [-0.15, -0.1) is 0 Å². The number of ether oxygens (including phenoxy) is 3. The van der Waals surface area contributed by atoms with Gasteiger partial charge in [0.1, 0.15) is 17.9 Å². The summed E-state index contributed by atoms with van der Waals surface area (Å²) in [5.74, 6) is 0.365. The Morgan fingerprint density at radius 1 is 0.909 bits per heavy atom. The number of aromatic carboxylic acids is 1. The highest BCUT2D eigenvalue weighted by Crippen LogP contribution is 2.36. The van der Waals surface area contributed by atoms with Crippen molar-refractivity contribution in [3.05, 3.63) is 81.8 Å². The molecule has 0 bridgehead atoms. The predicted molar refractivity (Wildman–Crippen MR) is 128 cm³/mol. The van der Waals surface area contributed by atoms with Gasteiger partial charge in [-0.3, -0.25) is 0 Å². The molecule has 0 aliphatic carbocycles. The molecular formula is C25H19Cl2NO5. The van der Waals surface area contributed by atoms with Crippen molar-refractivity contribution in [2.24, 2.45) is 0 Å². The van der Waals surface area contributed by atoms with E-state index >= 15 is 0 Å². The molecule has 4 rings (SSSR count). The number of fused-ring (bicyclic) bond motifs is 1. The second kappa shape index (κ2) is 9.57. The van der Waals surface area contributed by atoms with E-state index < -0.39 is 5.97 Å². The predicted octanol–water partition coefficient (Wildman–Crippen LogP) is 6.50. The monoisotopic (exact) mass is 483 g/mol. The molecule has 0 atom stereocenters. The smallest absolute Gasteiger partial charge is 0.336 e. The molecule has 0 fully saturated rings. The molecule has 0 saturated heterocycles. The lowest BCUT2D eigenvalue weighted by Crippen LogP contribution is -2.02. The van der Waals surface area contributed by atoms with Crippen LogP contribution in [0.3, 0.4) is 0 Å². The number of carboxylic acids is 1. The summed E-state index contributed by atoms with van der Waals surface area (Å²) in [6.45, 7) is 0.156. The Kier molecular flexibility index (Phi) is 6.58. The average molecular weight is 484 g/mol. The summed E-state index contributed by atoms with van der Waals surface area (Å²) < 4.78 is 16.8. The number of methoxy groups -OCH3 is 2. The molecule has 0 radical (unpaired) electrons. The van der Waals surface area contributed by atoms with E-state index in [0.717, 1.165) is 0 Å². The van der Waals surface area contributed by atoms with Gasteiger partial charge in [-0.1, -0.05) is 41.4 Å². The van der Waals surface area contributed by atoms with E-state index in [9.17, 15) is 9.90 Å². The molecule has 0 saturated carbocycles. The number of carbonyl (C=O) groups is 1. The van der Waals surface area contributed by atoms with Gasteiger partial charge < -0.3 is 19.3 Å². The van der Waals surface area contributed by atoms with Crippen molar-refractivity contribution in [3.63, 3.8) is 0 Å². The molecule has 1 heterocycles. The summed E-state index contributed by atoms with van der Waals surface area (Å²) in [5.41, 5.74) is 2.37. The number of halogens is 2. The maximum Gasteiger partial charge on any atom is 0.336 e.